The molecule has 6 heteroatoms. The van der Waals surface area contributed by atoms with Crippen LogP contribution in [0.4, 0.5) is 0 Å². The van der Waals surface area contributed by atoms with Gasteiger partial charge < -0.3 is 9.38 Å². The molecule has 5 nitrogen and oxygen atoms in total. The maximum absolute atomic E-state index is 12.2. The number of nitrogens with zero attached hydrogens (tertiary/aromatic N) is 3. The molecule has 0 radical (unpaired) electrons. The summed E-state index contributed by atoms with van der Waals surface area (Å²) in [5, 5.41) is 0. The van der Waals surface area contributed by atoms with Crippen molar-refractivity contribution in [1.29, 1.82) is 0 Å². The van der Waals surface area contributed by atoms with Crippen molar-refractivity contribution in [3.63, 3.8) is 0 Å². The monoisotopic (exact) mass is 414 g/mol. The highest BCUT2D eigenvalue weighted by molar-refractivity contribution is 14.1. The number of rotatable bonds is 3. The molecule has 0 bridgehead atoms. The van der Waals surface area contributed by atoms with Crippen molar-refractivity contribution in [2.24, 2.45) is 0 Å². The Hall–Kier alpha value is -2.48. The number of carbonyl (C=O) groups excluding carboxylic acids is 1. The van der Waals surface area contributed by atoms with Crippen LogP contribution < -0.4 is 0 Å². The molecule has 0 spiro atoms. The molecule has 3 heterocycles. The lowest BCUT2D eigenvalue weighted by Gasteiger charge is -2.00. The molecule has 0 unspecified atom stereocenters. The number of carbonyl (C=O) groups is 1. The molecule has 4 rings (SSSR count). The second-order valence-electron chi connectivity index (χ2n) is 5.11. The molecule has 1 aromatic carbocycles. The SMILES string of the molecule is O=C(c1ccc(-c2cn3cc(I)ccc3n2)cc1)c1cnc[nH]1. The van der Waals surface area contributed by atoms with Gasteiger partial charge in [-0.2, -0.15) is 0 Å². The molecule has 0 aliphatic rings. The average Bonchev–Trinajstić information content (AvgIpc) is 3.23. The molecule has 23 heavy (non-hydrogen) atoms. The molecule has 0 aliphatic carbocycles. The predicted molar refractivity (Wildman–Crippen MR) is 95.4 cm³/mol. The largest absolute Gasteiger partial charge is 0.342 e. The number of pyridine rings is 1. The second-order valence-corrected chi connectivity index (χ2v) is 6.36. The van der Waals surface area contributed by atoms with Crippen LogP contribution in [0.5, 0.6) is 0 Å². The van der Waals surface area contributed by atoms with Crippen molar-refractivity contribution < 1.29 is 4.79 Å². The minimum absolute atomic E-state index is 0.0707. The molecule has 0 atom stereocenters. The summed E-state index contributed by atoms with van der Waals surface area (Å²) in [6, 6.07) is 11.5. The highest BCUT2D eigenvalue weighted by Crippen LogP contribution is 2.21. The molecule has 0 saturated carbocycles. The third-order valence-electron chi connectivity index (χ3n) is 3.60. The molecular weight excluding hydrogens is 403 g/mol. The minimum Gasteiger partial charge on any atom is -0.342 e. The molecule has 0 amide bonds. The highest BCUT2D eigenvalue weighted by atomic mass is 127. The lowest BCUT2D eigenvalue weighted by Crippen LogP contribution is -2.01. The molecule has 0 fully saturated rings. The molecule has 3 aromatic heterocycles. The maximum Gasteiger partial charge on any atom is 0.210 e. The molecule has 0 aliphatic heterocycles. The minimum atomic E-state index is -0.0707. The molecule has 112 valence electrons. The summed E-state index contributed by atoms with van der Waals surface area (Å²) in [6.07, 6.45) is 7.05. The number of H-pyrrole nitrogens is 1. The van der Waals surface area contributed by atoms with Crippen LogP contribution in [-0.2, 0) is 0 Å². The van der Waals surface area contributed by atoms with E-state index in [0.29, 0.717) is 11.3 Å². The van der Waals surface area contributed by atoms with E-state index in [0.717, 1.165) is 20.5 Å². The third-order valence-corrected chi connectivity index (χ3v) is 4.24. The van der Waals surface area contributed by atoms with E-state index in [2.05, 4.69) is 37.5 Å². The van der Waals surface area contributed by atoms with E-state index in [1.807, 2.05) is 53.2 Å². The summed E-state index contributed by atoms with van der Waals surface area (Å²) in [5.41, 5.74) is 3.87. The van der Waals surface area contributed by atoms with E-state index in [9.17, 15) is 4.79 Å². The van der Waals surface area contributed by atoms with Gasteiger partial charge in [0.05, 0.1) is 18.2 Å². The molecule has 1 N–H and O–H groups in total. The van der Waals surface area contributed by atoms with Crippen LogP contribution in [0.3, 0.4) is 0 Å². The number of fused-ring (bicyclic) bond motifs is 1. The van der Waals surface area contributed by atoms with Crippen molar-refractivity contribution >= 4 is 34.0 Å². The van der Waals surface area contributed by atoms with Crippen molar-refractivity contribution in [2.75, 3.05) is 0 Å². The second kappa shape index (κ2) is 5.62. The Bertz CT molecular complexity index is 987. The zero-order valence-corrected chi connectivity index (χ0v) is 14.1. The quantitative estimate of drug-likeness (QED) is 0.412. The standard InChI is InChI=1S/C17H11IN4O/c18-13-5-6-16-21-15(9-22(16)8-13)11-1-3-12(4-2-11)17(23)14-7-19-10-20-14/h1-10H,(H,19,20). The number of aromatic nitrogens is 4. The summed E-state index contributed by atoms with van der Waals surface area (Å²) in [4.78, 5) is 23.6. The van der Waals surface area contributed by atoms with E-state index >= 15 is 0 Å². The third kappa shape index (κ3) is 2.65. The first-order chi connectivity index (χ1) is 11.2. The van der Waals surface area contributed by atoms with Gasteiger partial charge in [0.1, 0.15) is 11.3 Å². The number of ketones is 1. The van der Waals surface area contributed by atoms with Gasteiger partial charge in [-0.05, 0) is 34.7 Å². The summed E-state index contributed by atoms with van der Waals surface area (Å²) in [6.45, 7) is 0. The van der Waals surface area contributed by atoms with Crippen LogP contribution >= 0.6 is 22.6 Å². The van der Waals surface area contributed by atoms with Crippen LogP contribution in [0, 0.1) is 3.57 Å². The maximum atomic E-state index is 12.2. The van der Waals surface area contributed by atoms with Gasteiger partial charge in [0.25, 0.3) is 0 Å². The number of nitrogens with one attached hydrogen (secondary N) is 1. The number of imidazole rings is 2. The number of benzene rings is 1. The first-order valence-corrected chi connectivity index (χ1v) is 8.06. The van der Waals surface area contributed by atoms with Gasteiger partial charge in [-0.25, -0.2) is 9.97 Å². The zero-order chi connectivity index (χ0) is 15.8. The van der Waals surface area contributed by atoms with Crippen LogP contribution in [0.1, 0.15) is 16.1 Å². The predicted octanol–water partition coefficient (Wildman–Crippen LogP) is 3.56. The van der Waals surface area contributed by atoms with E-state index in [1.54, 1.807) is 0 Å². The van der Waals surface area contributed by atoms with Gasteiger partial charge in [-0.1, -0.05) is 24.3 Å². The van der Waals surface area contributed by atoms with Gasteiger partial charge in [0.2, 0.25) is 5.78 Å². The summed E-state index contributed by atoms with van der Waals surface area (Å²) in [5.74, 6) is -0.0707. The first kappa shape index (κ1) is 14.1. The van der Waals surface area contributed by atoms with E-state index in [1.165, 1.54) is 12.5 Å². The Morgan fingerprint density at radius 1 is 1.09 bits per heavy atom. The number of halogens is 1. The molecular formula is C17H11IN4O. The van der Waals surface area contributed by atoms with Gasteiger partial charge >= 0.3 is 0 Å². The zero-order valence-electron chi connectivity index (χ0n) is 11.9. The topological polar surface area (TPSA) is 63.1 Å². The van der Waals surface area contributed by atoms with E-state index in [-0.39, 0.29) is 5.78 Å². The number of aromatic amines is 1. The lowest BCUT2D eigenvalue weighted by molar-refractivity contribution is 0.103. The highest BCUT2D eigenvalue weighted by Gasteiger charge is 2.11. The molecule has 4 aromatic rings. The van der Waals surface area contributed by atoms with Gasteiger partial charge in [0, 0.05) is 27.1 Å². The van der Waals surface area contributed by atoms with Crippen molar-refractivity contribution in [1.82, 2.24) is 19.4 Å². The molecule has 0 saturated heterocycles. The fourth-order valence-electron chi connectivity index (χ4n) is 2.43. The fourth-order valence-corrected chi connectivity index (χ4v) is 2.91. The smallest absolute Gasteiger partial charge is 0.210 e. The summed E-state index contributed by atoms with van der Waals surface area (Å²) >= 11 is 2.27. The normalized spacial score (nSPS) is 11.0. The van der Waals surface area contributed by atoms with Crippen molar-refractivity contribution in [3.8, 4) is 11.3 Å². The average molecular weight is 414 g/mol. The number of hydrogen-bond acceptors (Lipinski definition) is 3. The summed E-state index contributed by atoms with van der Waals surface area (Å²) < 4.78 is 3.15. The van der Waals surface area contributed by atoms with Crippen LogP contribution in [0.25, 0.3) is 16.9 Å². The van der Waals surface area contributed by atoms with Crippen LogP contribution in [0.15, 0.2) is 61.3 Å². The summed E-state index contributed by atoms with van der Waals surface area (Å²) in [7, 11) is 0. The van der Waals surface area contributed by atoms with Crippen molar-refractivity contribution in [2.45, 2.75) is 0 Å². The van der Waals surface area contributed by atoms with E-state index in [4.69, 9.17) is 0 Å². The Morgan fingerprint density at radius 2 is 1.91 bits per heavy atom. The Balaban J connectivity index is 1.68. The van der Waals surface area contributed by atoms with Crippen molar-refractivity contribution in [3.05, 3.63) is 76.1 Å². The van der Waals surface area contributed by atoms with Gasteiger partial charge in [0.15, 0.2) is 0 Å². The Kier molecular flexibility index (Phi) is 3.45. The van der Waals surface area contributed by atoms with Crippen LogP contribution in [0.2, 0.25) is 0 Å². The Labute approximate surface area is 145 Å². The Morgan fingerprint density at radius 3 is 2.65 bits per heavy atom. The van der Waals surface area contributed by atoms with Gasteiger partial charge in [-0.3, -0.25) is 4.79 Å². The van der Waals surface area contributed by atoms with E-state index < -0.39 is 0 Å². The first-order valence-electron chi connectivity index (χ1n) is 6.98. The van der Waals surface area contributed by atoms with Gasteiger partial charge in [-0.15, -0.1) is 0 Å². The van der Waals surface area contributed by atoms with Crippen LogP contribution in [-0.4, -0.2) is 25.1 Å². The fraction of sp³-hybridized carbons (Fsp3) is 0. The lowest BCUT2D eigenvalue weighted by atomic mass is 10.1. The number of hydrogen-bond donors (Lipinski definition) is 1.